The summed E-state index contributed by atoms with van der Waals surface area (Å²) in [7, 11) is 0. The fraction of sp³-hybridized carbons (Fsp3) is 0.231. The minimum absolute atomic E-state index is 0.360. The minimum atomic E-state index is -0.378. The fourth-order valence-electron chi connectivity index (χ4n) is 1.54. The number of hydrogen-bond acceptors (Lipinski definition) is 3. The number of amides is 2. The van der Waals surface area contributed by atoms with Crippen molar-refractivity contribution in [2.24, 2.45) is 0 Å². The van der Waals surface area contributed by atoms with Crippen LogP contribution in [0.25, 0.3) is 0 Å². The van der Waals surface area contributed by atoms with E-state index < -0.39 is 0 Å². The second-order valence-electron chi connectivity index (χ2n) is 4.15. The van der Waals surface area contributed by atoms with Crippen molar-refractivity contribution in [3.05, 3.63) is 45.7 Å². The van der Waals surface area contributed by atoms with Gasteiger partial charge < -0.3 is 10.6 Å². The third-order valence-corrected chi connectivity index (χ3v) is 3.48. The monoisotopic (exact) mass is 279 g/mol. The van der Waals surface area contributed by atoms with E-state index in [9.17, 15) is 9.18 Å². The zero-order valence-corrected chi connectivity index (χ0v) is 11.5. The highest BCUT2D eigenvalue weighted by atomic mass is 32.1. The molecule has 0 saturated carbocycles. The van der Waals surface area contributed by atoms with Gasteiger partial charge in [-0.2, -0.15) is 0 Å². The molecule has 2 N–H and O–H groups in total. The van der Waals surface area contributed by atoms with Crippen molar-refractivity contribution >= 4 is 23.1 Å². The van der Waals surface area contributed by atoms with Crippen molar-refractivity contribution in [3.8, 4) is 0 Å². The molecule has 0 aliphatic carbocycles. The van der Waals surface area contributed by atoms with Crippen LogP contribution in [-0.2, 0) is 6.54 Å². The summed E-state index contributed by atoms with van der Waals surface area (Å²) < 4.78 is 13.1. The summed E-state index contributed by atoms with van der Waals surface area (Å²) in [6.07, 6.45) is 0. The van der Waals surface area contributed by atoms with Gasteiger partial charge in [0.1, 0.15) is 10.8 Å². The highest BCUT2D eigenvalue weighted by Crippen LogP contribution is 2.15. The summed E-state index contributed by atoms with van der Waals surface area (Å²) in [5.74, 6) is -0.378. The molecule has 1 heterocycles. The smallest absolute Gasteiger partial charge is 0.319 e. The van der Waals surface area contributed by atoms with Crippen molar-refractivity contribution in [1.29, 1.82) is 0 Å². The van der Waals surface area contributed by atoms with Gasteiger partial charge in [-0.1, -0.05) is 6.07 Å². The third-order valence-electron chi connectivity index (χ3n) is 2.51. The highest BCUT2D eigenvalue weighted by molar-refractivity contribution is 7.09. The lowest BCUT2D eigenvalue weighted by atomic mass is 10.2. The van der Waals surface area contributed by atoms with E-state index >= 15 is 0 Å². The van der Waals surface area contributed by atoms with Crippen molar-refractivity contribution in [1.82, 2.24) is 10.3 Å². The molecule has 2 aromatic rings. The van der Waals surface area contributed by atoms with E-state index in [-0.39, 0.29) is 11.8 Å². The van der Waals surface area contributed by atoms with Crippen LogP contribution in [0.5, 0.6) is 0 Å². The van der Waals surface area contributed by atoms with Crippen LogP contribution in [0.3, 0.4) is 0 Å². The predicted molar refractivity (Wildman–Crippen MR) is 73.8 cm³/mol. The van der Waals surface area contributed by atoms with Gasteiger partial charge in [-0.15, -0.1) is 11.3 Å². The van der Waals surface area contributed by atoms with Crippen LogP contribution < -0.4 is 10.6 Å². The Balaban J connectivity index is 1.92. The molecule has 6 heteroatoms. The van der Waals surface area contributed by atoms with E-state index in [1.165, 1.54) is 23.5 Å². The maximum atomic E-state index is 13.1. The molecular formula is C13H14FN3OS. The zero-order valence-electron chi connectivity index (χ0n) is 10.7. The molecule has 1 aromatic heterocycles. The largest absolute Gasteiger partial charge is 0.331 e. The molecule has 0 unspecified atom stereocenters. The first-order valence-electron chi connectivity index (χ1n) is 5.76. The van der Waals surface area contributed by atoms with Crippen molar-refractivity contribution in [2.45, 2.75) is 20.4 Å². The number of nitrogens with zero attached hydrogens (tertiary/aromatic N) is 1. The zero-order chi connectivity index (χ0) is 13.8. The van der Waals surface area contributed by atoms with Crippen molar-refractivity contribution in [2.75, 3.05) is 5.32 Å². The molecule has 0 bridgehead atoms. The summed E-state index contributed by atoms with van der Waals surface area (Å²) in [6, 6.07) is 3.90. The summed E-state index contributed by atoms with van der Waals surface area (Å²) in [4.78, 5) is 15.9. The SMILES string of the molecule is Cc1csc(CNC(=O)Nc2cc(F)ccc2C)n1. The molecule has 0 spiro atoms. The lowest BCUT2D eigenvalue weighted by Gasteiger charge is -2.09. The maximum absolute atomic E-state index is 13.1. The molecule has 2 amide bonds. The number of aromatic nitrogens is 1. The molecule has 0 aliphatic rings. The highest BCUT2D eigenvalue weighted by Gasteiger charge is 2.06. The Morgan fingerprint density at radius 3 is 2.89 bits per heavy atom. The number of carbonyl (C=O) groups is 1. The van der Waals surface area contributed by atoms with Gasteiger partial charge in [0.25, 0.3) is 0 Å². The van der Waals surface area contributed by atoms with Crippen molar-refractivity contribution in [3.63, 3.8) is 0 Å². The number of thiazole rings is 1. The number of halogens is 1. The van der Waals surface area contributed by atoms with Gasteiger partial charge in [0, 0.05) is 16.8 Å². The Labute approximate surface area is 114 Å². The van der Waals surface area contributed by atoms with Crippen LogP contribution in [-0.4, -0.2) is 11.0 Å². The quantitative estimate of drug-likeness (QED) is 0.906. The van der Waals surface area contributed by atoms with Crippen LogP contribution in [0.15, 0.2) is 23.6 Å². The number of rotatable bonds is 3. The topological polar surface area (TPSA) is 54.0 Å². The molecule has 2 rings (SSSR count). The van der Waals surface area contributed by atoms with E-state index in [2.05, 4.69) is 15.6 Å². The van der Waals surface area contributed by atoms with E-state index in [1.807, 2.05) is 12.3 Å². The first-order valence-corrected chi connectivity index (χ1v) is 6.64. The molecule has 0 atom stereocenters. The van der Waals surface area contributed by atoms with Crippen LogP contribution >= 0.6 is 11.3 Å². The van der Waals surface area contributed by atoms with E-state index in [0.29, 0.717) is 12.2 Å². The van der Waals surface area contributed by atoms with Crippen molar-refractivity contribution < 1.29 is 9.18 Å². The Morgan fingerprint density at radius 1 is 1.42 bits per heavy atom. The summed E-state index contributed by atoms with van der Waals surface area (Å²) in [5.41, 5.74) is 2.21. The Bertz CT molecular complexity index is 597. The fourth-order valence-corrected chi connectivity index (χ4v) is 2.25. The second-order valence-corrected chi connectivity index (χ2v) is 5.09. The second kappa shape index (κ2) is 5.79. The van der Waals surface area contributed by atoms with Crippen LogP contribution in [0.2, 0.25) is 0 Å². The summed E-state index contributed by atoms with van der Waals surface area (Å²) in [5, 5.41) is 8.06. The number of carbonyl (C=O) groups excluding carboxylic acids is 1. The Hall–Kier alpha value is -1.95. The van der Waals surface area contributed by atoms with Gasteiger partial charge in [0.2, 0.25) is 0 Å². The van der Waals surface area contributed by atoms with Gasteiger partial charge in [-0.05, 0) is 31.5 Å². The van der Waals surface area contributed by atoms with Crippen LogP contribution in [0, 0.1) is 19.7 Å². The molecular weight excluding hydrogens is 265 g/mol. The van der Waals surface area contributed by atoms with E-state index in [0.717, 1.165) is 16.3 Å². The van der Waals surface area contributed by atoms with Crippen LogP contribution in [0.1, 0.15) is 16.3 Å². The average Bonchev–Trinajstić information content (AvgIpc) is 2.77. The van der Waals surface area contributed by atoms with Gasteiger partial charge in [0.15, 0.2) is 0 Å². The maximum Gasteiger partial charge on any atom is 0.319 e. The normalized spacial score (nSPS) is 10.3. The van der Waals surface area contributed by atoms with E-state index in [4.69, 9.17) is 0 Å². The number of hydrogen-bond donors (Lipinski definition) is 2. The first kappa shape index (κ1) is 13.5. The van der Waals surface area contributed by atoms with Crippen LogP contribution in [0.4, 0.5) is 14.9 Å². The number of urea groups is 1. The van der Waals surface area contributed by atoms with Gasteiger partial charge in [-0.3, -0.25) is 0 Å². The lowest BCUT2D eigenvalue weighted by molar-refractivity contribution is 0.251. The predicted octanol–water partition coefficient (Wildman–Crippen LogP) is 3.22. The molecule has 19 heavy (non-hydrogen) atoms. The Morgan fingerprint density at radius 2 is 2.21 bits per heavy atom. The number of anilines is 1. The molecule has 100 valence electrons. The van der Waals surface area contributed by atoms with Gasteiger partial charge in [-0.25, -0.2) is 14.2 Å². The molecule has 4 nitrogen and oxygen atoms in total. The third kappa shape index (κ3) is 3.75. The molecule has 0 saturated heterocycles. The Kier molecular flexibility index (Phi) is 4.11. The molecule has 0 aliphatic heterocycles. The standard InChI is InChI=1S/C13H14FN3OS/c1-8-3-4-10(14)5-11(8)17-13(18)15-6-12-16-9(2)7-19-12/h3-5,7H,6H2,1-2H3,(H2,15,17,18). The minimum Gasteiger partial charge on any atom is -0.331 e. The molecule has 1 aromatic carbocycles. The summed E-state index contributed by atoms with van der Waals surface area (Å²) >= 11 is 1.49. The number of benzene rings is 1. The number of aryl methyl sites for hydroxylation is 2. The number of nitrogens with one attached hydrogen (secondary N) is 2. The van der Waals surface area contributed by atoms with Gasteiger partial charge in [0.05, 0.1) is 6.54 Å². The van der Waals surface area contributed by atoms with Gasteiger partial charge >= 0.3 is 6.03 Å². The average molecular weight is 279 g/mol. The van der Waals surface area contributed by atoms with E-state index in [1.54, 1.807) is 13.0 Å². The summed E-state index contributed by atoms with van der Waals surface area (Å²) in [6.45, 7) is 4.06. The lowest BCUT2D eigenvalue weighted by Crippen LogP contribution is -2.28. The molecule has 0 radical (unpaired) electrons. The first-order chi connectivity index (χ1) is 9.04. The molecule has 0 fully saturated rings.